The van der Waals surface area contributed by atoms with Gasteiger partial charge >= 0.3 is 12.0 Å². The minimum Gasteiger partial charge on any atom is -0.480 e. The second kappa shape index (κ2) is 7.28. The van der Waals surface area contributed by atoms with Crippen LogP contribution < -0.4 is 0 Å². The van der Waals surface area contributed by atoms with Crippen LogP contribution in [0.4, 0.5) is 4.79 Å². The van der Waals surface area contributed by atoms with Crippen LogP contribution in [0.25, 0.3) is 0 Å². The van der Waals surface area contributed by atoms with Crippen LogP contribution in [0.15, 0.2) is 28.7 Å². The number of amides is 2. The molecule has 6 heteroatoms. The van der Waals surface area contributed by atoms with Gasteiger partial charge in [-0.3, -0.25) is 4.79 Å². The Morgan fingerprint density at radius 3 is 2.40 bits per heavy atom. The smallest absolute Gasteiger partial charge is 0.323 e. The van der Waals surface area contributed by atoms with Crippen molar-refractivity contribution < 1.29 is 14.7 Å². The van der Waals surface area contributed by atoms with E-state index in [2.05, 4.69) is 15.9 Å². The molecule has 0 spiro atoms. The lowest BCUT2D eigenvalue weighted by atomic mass is 10.2. The Morgan fingerprint density at radius 2 is 1.90 bits per heavy atom. The number of urea groups is 1. The molecule has 2 amide bonds. The second-order valence-electron chi connectivity index (χ2n) is 4.85. The normalized spacial score (nSPS) is 10.4. The average molecular weight is 343 g/mol. The predicted molar refractivity (Wildman–Crippen MR) is 80.5 cm³/mol. The van der Waals surface area contributed by atoms with Crippen molar-refractivity contribution >= 4 is 27.9 Å². The summed E-state index contributed by atoms with van der Waals surface area (Å²) in [5, 5.41) is 8.88. The van der Waals surface area contributed by atoms with Gasteiger partial charge < -0.3 is 14.9 Å². The SMILES string of the molecule is CC(C)N(CC(=O)O)C(=O)N(C)Cc1ccccc1Br. The van der Waals surface area contributed by atoms with Gasteiger partial charge in [0.2, 0.25) is 0 Å². The summed E-state index contributed by atoms with van der Waals surface area (Å²) in [5.74, 6) is -1.01. The number of hydrogen-bond acceptors (Lipinski definition) is 2. The van der Waals surface area contributed by atoms with Crippen molar-refractivity contribution in [1.82, 2.24) is 9.80 Å². The first-order valence-electron chi connectivity index (χ1n) is 6.30. The van der Waals surface area contributed by atoms with Crippen molar-refractivity contribution in [1.29, 1.82) is 0 Å². The van der Waals surface area contributed by atoms with E-state index in [1.807, 2.05) is 24.3 Å². The van der Waals surface area contributed by atoms with E-state index in [-0.39, 0.29) is 18.6 Å². The summed E-state index contributed by atoms with van der Waals surface area (Å²) < 4.78 is 0.925. The van der Waals surface area contributed by atoms with E-state index in [0.717, 1.165) is 10.0 Å². The number of carboxylic acid groups (broad SMARTS) is 1. The first kappa shape index (κ1) is 16.5. The van der Waals surface area contributed by atoms with Gasteiger partial charge in [-0.1, -0.05) is 34.1 Å². The van der Waals surface area contributed by atoms with Gasteiger partial charge in [0.15, 0.2) is 0 Å². The fourth-order valence-corrected chi connectivity index (χ4v) is 2.20. The zero-order valence-electron chi connectivity index (χ0n) is 11.8. The van der Waals surface area contributed by atoms with Crippen molar-refractivity contribution in [3.05, 3.63) is 34.3 Å². The van der Waals surface area contributed by atoms with Crippen LogP contribution in [0.5, 0.6) is 0 Å². The van der Waals surface area contributed by atoms with Gasteiger partial charge in [0.25, 0.3) is 0 Å². The van der Waals surface area contributed by atoms with Crippen LogP contribution in [0.2, 0.25) is 0 Å². The van der Waals surface area contributed by atoms with Gasteiger partial charge in [-0.15, -0.1) is 0 Å². The lowest BCUT2D eigenvalue weighted by Crippen LogP contribution is -2.46. The van der Waals surface area contributed by atoms with Gasteiger partial charge in [0.1, 0.15) is 6.54 Å². The van der Waals surface area contributed by atoms with Crippen molar-refractivity contribution in [2.75, 3.05) is 13.6 Å². The third kappa shape index (κ3) is 4.52. The summed E-state index contributed by atoms with van der Waals surface area (Å²) in [6.45, 7) is 3.72. The van der Waals surface area contributed by atoms with Crippen molar-refractivity contribution in [3.63, 3.8) is 0 Å². The molecule has 0 aliphatic carbocycles. The van der Waals surface area contributed by atoms with Crippen molar-refractivity contribution in [2.24, 2.45) is 0 Å². The summed E-state index contributed by atoms with van der Waals surface area (Å²) in [4.78, 5) is 26.0. The molecule has 20 heavy (non-hydrogen) atoms. The highest BCUT2D eigenvalue weighted by atomic mass is 79.9. The minimum absolute atomic E-state index is 0.166. The molecule has 0 aliphatic heterocycles. The molecular weight excluding hydrogens is 324 g/mol. The van der Waals surface area contributed by atoms with Crippen LogP contribution in [-0.4, -0.2) is 46.5 Å². The summed E-state index contributed by atoms with van der Waals surface area (Å²) >= 11 is 3.43. The highest BCUT2D eigenvalue weighted by Crippen LogP contribution is 2.18. The molecule has 0 bridgehead atoms. The Balaban J connectivity index is 2.79. The number of benzene rings is 1. The molecule has 0 fully saturated rings. The van der Waals surface area contributed by atoms with E-state index in [9.17, 15) is 9.59 Å². The highest BCUT2D eigenvalue weighted by molar-refractivity contribution is 9.10. The number of aliphatic carboxylic acids is 1. The van der Waals surface area contributed by atoms with Gasteiger partial charge in [-0.2, -0.15) is 0 Å². The molecule has 1 aromatic rings. The monoisotopic (exact) mass is 342 g/mol. The third-order valence-corrected chi connectivity index (χ3v) is 3.64. The molecule has 0 aromatic heterocycles. The second-order valence-corrected chi connectivity index (χ2v) is 5.70. The van der Waals surface area contributed by atoms with Crippen molar-refractivity contribution in [3.8, 4) is 0 Å². The molecule has 110 valence electrons. The molecule has 0 radical (unpaired) electrons. The molecule has 0 saturated carbocycles. The van der Waals surface area contributed by atoms with Crippen LogP contribution in [0, 0.1) is 0 Å². The van der Waals surface area contributed by atoms with Gasteiger partial charge in [-0.25, -0.2) is 4.79 Å². The number of carboxylic acids is 1. The minimum atomic E-state index is -1.01. The van der Waals surface area contributed by atoms with E-state index in [4.69, 9.17) is 5.11 Å². The van der Waals surface area contributed by atoms with E-state index in [0.29, 0.717) is 6.54 Å². The van der Waals surface area contributed by atoms with E-state index >= 15 is 0 Å². The van der Waals surface area contributed by atoms with Gasteiger partial charge in [-0.05, 0) is 25.5 Å². The molecule has 5 nitrogen and oxygen atoms in total. The predicted octanol–water partition coefficient (Wildman–Crippen LogP) is 2.80. The van der Waals surface area contributed by atoms with Gasteiger partial charge in [0, 0.05) is 24.1 Å². The average Bonchev–Trinajstić information content (AvgIpc) is 2.37. The fraction of sp³-hybridized carbons (Fsp3) is 0.429. The first-order valence-corrected chi connectivity index (χ1v) is 7.09. The fourth-order valence-electron chi connectivity index (χ4n) is 1.79. The third-order valence-electron chi connectivity index (χ3n) is 2.87. The van der Waals surface area contributed by atoms with Crippen LogP contribution in [0.3, 0.4) is 0 Å². The topological polar surface area (TPSA) is 60.9 Å². The molecule has 0 unspecified atom stereocenters. The molecule has 1 N–H and O–H groups in total. The van der Waals surface area contributed by atoms with Crippen LogP contribution in [0.1, 0.15) is 19.4 Å². The van der Waals surface area contributed by atoms with Gasteiger partial charge in [0.05, 0.1) is 0 Å². The Hall–Kier alpha value is -1.56. The van der Waals surface area contributed by atoms with E-state index < -0.39 is 5.97 Å². The summed E-state index contributed by atoms with van der Waals surface area (Å²) in [7, 11) is 1.67. The maximum atomic E-state index is 12.3. The molecule has 0 aliphatic rings. The zero-order valence-corrected chi connectivity index (χ0v) is 13.4. The molecule has 0 atom stereocenters. The zero-order chi connectivity index (χ0) is 15.3. The maximum Gasteiger partial charge on any atom is 0.323 e. The van der Waals surface area contributed by atoms with Crippen molar-refractivity contribution in [2.45, 2.75) is 26.4 Å². The van der Waals surface area contributed by atoms with E-state index in [1.54, 1.807) is 20.9 Å². The number of hydrogen-bond donors (Lipinski definition) is 1. The summed E-state index contributed by atoms with van der Waals surface area (Å²) in [5.41, 5.74) is 0.974. The molecule has 0 saturated heterocycles. The van der Waals surface area contributed by atoms with Crippen LogP contribution >= 0.6 is 15.9 Å². The Kier molecular flexibility index (Phi) is 6.01. The number of nitrogens with zero attached hydrogens (tertiary/aromatic N) is 2. The Labute approximate surface area is 127 Å². The Bertz CT molecular complexity index is 491. The number of rotatable bonds is 5. The Morgan fingerprint density at radius 1 is 1.30 bits per heavy atom. The molecule has 0 heterocycles. The summed E-state index contributed by atoms with van der Waals surface area (Å²) in [6, 6.07) is 7.17. The molecule has 1 rings (SSSR count). The maximum absolute atomic E-state index is 12.3. The van der Waals surface area contributed by atoms with E-state index in [1.165, 1.54) is 9.80 Å². The highest BCUT2D eigenvalue weighted by Gasteiger charge is 2.23. The number of carbonyl (C=O) groups excluding carboxylic acids is 1. The summed E-state index contributed by atoms with van der Waals surface area (Å²) in [6.07, 6.45) is 0. The number of halogens is 1. The quantitative estimate of drug-likeness (QED) is 0.894. The number of carbonyl (C=O) groups is 2. The molecule has 1 aromatic carbocycles. The molecular formula is C14H19BrN2O3. The standard InChI is InChI=1S/C14H19BrN2O3/c1-10(2)17(9-13(18)19)14(20)16(3)8-11-6-4-5-7-12(11)15/h4-7,10H,8-9H2,1-3H3,(H,18,19). The lowest BCUT2D eigenvalue weighted by molar-refractivity contribution is -0.138. The first-order chi connectivity index (χ1) is 9.32. The largest absolute Gasteiger partial charge is 0.480 e. The lowest BCUT2D eigenvalue weighted by Gasteiger charge is -2.30. The van der Waals surface area contributed by atoms with Crippen LogP contribution in [-0.2, 0) is 11.3 Å².